The van der Waals surface area contributed by atoms with Gasteiger partial charge in [0.15, 0.2) is 0 Å². The summed E-state index contributed by atoms with van der Waals surface area (Å²) >= 11 is 3.22. The molecule has 76 valence electrons. The van der Waals surface area contributed by atoms with E-state index < -0.39 is 5.97 Å². The van der Waals surface area contributed by atoms with Crippen LogP contribution in [0.5, 0.6) is 0 Å². The maximum atomic E-state index is 10.2. The van der Waals surface area contributed by atoms with Crippen LogP contribution in [0.15, 0.2) is 34.9 Å². The molecule has 1 rings (SSSR count). The molecule has 0 amide bonds. The minimum Gasteiger partial charge on any atom is -0.478 e. The van der Waals surface area contributed by atoms with E-state index in [0.717, 1.165) is 6.08 Å². The number of hydrogen-bond donors (Lipinski definition) is 2. The fourth-order valence-electron chi connectivity index (χ4n) is 0.910. The van der Waals surface area contributed by atoms with Crippen molar-refractivity contribution >= 4 is 27.6 Å². The molecule has 1 aromatic rings. The number of aliphatic carboxylic acids is 1. The van der Waals surface area contributed by atoms with Crippen LogP contribution >= 0.6 is 15.9 Å². The molecule has 0 saturated heterocycles. The molecule has 0 aliphatic heterocycles. The van der Waals surface area contributed by atoms with Crippen molar-refractivity contribution in [3.05, 3.63) is 40.5 Å². The Morgan fingerprint density at radius 3 is 2.93 bits per heavy atom. The molecule has 0 bridgehead atoms. The number of carboxylic acids is 1. The zero-order valence-electron chi connectivity index (χ0n) is 7.57. The molecule has 0 unspecified atom stereocenters. The van der Waals surface area contributed by atoms with Crippen molar-refractivity contribution in [1.29, 1.82) is 5.26 Å². The molecule has 1 aromatic carbocycles. The summed E-state index contributed by atoms with van der Waals surface area (Å²) in [5, 5.41) is 19.8. The van der Waals surface area contributed by atoms with E-state index in [2.05, 4.69) is 21.2 Å². The molecule has 0 heterocycles. The molecule has 0 spiro atoms. The zero-order valence-corrected chi connectivity index (χ0v) is 9.15. The van der Waals surface area contributed by atoms with E-state index in [-0.39, 0.29) is 0 Å². The predicted octanol–water partition coefficient (Wildman–Crippen LogP) is 2.33. The number of anilines is 1. The van der Waals surface area contributed by atoms with E-state index in [4.69, 9.17) is 10.4 Å². The third kappa shape index (κ3) is 3.44. The lowest BCUT2D eigenvalue weighted by Gasteiger charge is -2.01. The Balaban J connectivity index is 2.80. The molecular formula is C10H7BrN2O2. The van der Waals surface area contributed by atoms with Gasteiger partial charge in [0.25, 0.3) is 0 Å². The normalized spacial score (nSPS) is 9.87. The molecule has 4 nitrogen and oxygen atoms in total. The molecule has 0 aliphatic rings. The van der Waals surface area contributed by atoms with Crippen LogP contribution < -0.4 is 5.32 Å². The van der Waals surface area contributed by atoms with Gasteiger partial charge in [-0.1, -0.05) is 0 Å². The largest absolute Gasteiger partial charge is 0.478 e. The van der Waals surface area contributed by atoms with Gasteiger partial charge in [-0.2, -0.15) is 5.26 Å². The van der Waals surface area contributed by atoms with E-state index in [1.54, 1.807) is 18.2 Å². The van der Waals surface area contributed by atoms with Gasteiger partial charge in [0.2, 0.25) is 0 Å². The molecule has 2 N–H and O–H groups in total. The highest BCUT2D eigenvalue weighted by atomic mass is 79.9. The van der Waals surface area contributed by atoms with Crippen LogP contribution in [0.1, 0.15) is 5.56 Å². The standard InChI is InChI=1S/C10H7BrN2O2/c11-9-2-1-8(5-7(9)6-12)13-4-3-10(14)15/h1-5,13H,(H,14,15)/b4-3+. The number of benzene rings is 1. The van der Waals surface area contributed by atoms with E-state index in [1.807, 2.05) is 6.07 Å². The van der Waals surface area contributed by atoms with E-state index in [9.17, 15) is 4.79 Å². The fourth-order valence-corrected chi connectivity index (χ4v) is 1.25. The summed E-state index contributed by atoms with van der Waals surface area (Å²) in [4.78, 5) is 10.2. The molecule has 15 heavy (non-hydrogen) atoms. The monoisotopic (exact) mass is 266 g/mol. The number of rotatable bonds is 3. The predicted molar refractivity (Wildman–Crippen MR) is 59.3 cm³/mol. The lowest BCUT2D eigenvalue weighted by molar-refractivity contribution is -0.131. The van der Waals surface area contributed by atoms with E-state index in [1.165, 1.54) is 6.20 Å². The van der Waals surface area contributed by atoms with Crippen LogP contribution in [-0.2, 0) is 4.79 Å². The van der Waals surface area contributed by atoms with Crippen molar-refractivity contribution < 1.29 is 9.90 Å². The van der Waals surface area contributed by atoms with Gasteiger partial charge in [0.1, 0.15) is 6.07 Å². The van der Waals surface area contributed by atoms with E-state index >= 15 is 0 Å². The van der Waals surface area contributed by atoms with Crippen molar-refractivity contribution in [2.45, 2.75) is 0 Å². The highest BCUT2D eigenvalue weighted by molar-refractivity contribution is 9.10. The third-order valence-electron chi connectivity index (χ3n) is 1.56. The van der Waals surface area contributed by atoms with Crippen LogP contribution in [-0.4, -0.2) is 11.1 Å². The van der Waals surface area contributed by atoms with Crippen LogP contribution in [0, 0.1) is 11.3 Å². The number of halogens is 1. The lowest BCUT2D eigenvalue weighted by atomic mass is 10.2. The second kappa shape index (κ2) is 5.17. The molecule has 5 heteroatoms. The molecule has 0 saturated carbocycles. The Morgan fingerprint density at radius 2 is 2.33 bits per heavy atom. The minimum atomic E-state index is -1.03. The van der Waals surface area contributed by atoms with Gasteiger partial charge in [-0.15, -0.1) is 0 Å². The van der Waals surface area contributed by atoms with Gasteiger partial charge in [-0.25, -0.2) is 4.79 Å². The average molecular weight is 267 g/mol. The molecular weight excluding hydrogens is 260 g/mol. The summed E-state index contributed by atoms with van der Waals surface area (Å²) in [7, 11) is 0. The smallest absolute Gasteiger partial charge is 0.329 e. The van der Waals surface area contributed by atoms with E-state index in [0.29, 0.717) is 15.7 Å². The maximum Gasteiger partial charge on any atom is 0.329 e. The van der Waals surface area contributed by atoms with Gasteiger partial charge in [0, 0.05) is 22.4 Å². The quantitative estimate of drug-likeness (QED) is 0.824. The summed E-state index contributed by atoms with van der Waals surface area (Å²) in [5.41, 5.74) is 1.15. The lowest BCUT2D eigenvalue weighted by Crippen LogP contribution is -1.92. The zero-order chi connectivity index (χ0) is 11.3. The molecule has 0 fully saturated rings. The summed E-state index contributed by atoms with van der Waals surface area (Å²) in [6.45, 7) is 0. The number of carbonyl (C=O) groups is 1. The van der Waals surface area contributed by atoms with Gasteiger partial charge in [-0.05, 0) is 34.1 Å². The molecule has 0 atom stereocenters. The first-order chi connectivity index (χ1) is 7.13. The summed E-state index contributed by atoms with van der Waals surface area (Å²) < 4.78 is 0.706. The number of nitriles is 1. The first-order valence-corrected chi connectivity index (χ1v) is 4.78. The topological polar surface area (TPSA) is 73.1 Å². The van der Waals surface area contributed by atoms with Crippen molar-refractivity contribution in [2.75, 3.05) is 5.32 Å². The highest BCUT2D eigenvalue weighted by Crippen LogP contribution is 2.20. The van der Waals surface area contributed by atoms with Gasteiger partial charge in [-0.3, -0.25) is 0 Å². The van der Waals surface area contributed by atoms with Crippen LogP contribution in [0.2, 0.25) is 0 Å². The first kappa shape index (κ1) is 11.3. The minimum absolute atomic E-state index is 0.490. The van der Waals surface area contributed by atoms with Crippen LogP contribution in [0.25, 0.3) is 0 Å². The second-order valence-corrected chi connectivity index (χ2v) is 3.48. The van der Waals surface area contributed by atoms with Crippen molar-refractivity contribution in [3.63, 3.8) is 0 Å². The molecule has 0 aliphatic carbocycles. The average Bonchev–Trinajstić information content (AvgIpc) is 2.20. The Bertz CT molecular complexity index is 449. The SMILES string of the molecule is N#Cc1cc(N/C=C/C(=O)O)ccc1Br. The van der Waals surface area contributed by atoms with Crippen molar-refractivity contribution in [1.82, 2.24) is 0 Å². The second-order valence-electron chi connectivity index (χ2n) is 2.62. The Morgan fingerprint density at radius 1 is 1.60 bits per heavy atom. The maximum absolute atomic E-state index is 10.2. The van der Waals surface area contributed by atoms with Crippen LogP contribution in [0.4, 0.5) is 5.69 Å². The number of nitrogens with zero attached hydrogens (tertiary/aromatic N) is 1. The Kier molecular flexibility index (Phi) is 3.89. The summed E-state index contributed by atoms with van der Waals surface area (Å²) in [6, 6.07) is 7.08. The van der Waals surface area contributed by atoms with Crippen molar-refractivity contribution in [3.8, 4) is 6.07 Å². The van der Waals surface area contributed by atoms with Gasteiger partial charge in [0.05, 0.1) is 5.56 Å². The first-order valence-electron chi connectivity index (χ1n) is 3.99. The fraction of sp³-hybridized carbons (Fsp3) is 0. The van der Waals surface area contributed by atoms with Gasteiger partial charge < -0.3 is 10.4 Å². The summed E-state index contributed by atoms with van der Waals surface area (Å²) in [6.07, 6.45) is 2.28. The van der Waals surface area contributed by atoms with Crippen LogP contribution in [0.3, 0.4) is 0 Å². The number of carboxylic acid groups (broad SMARTS) is 1. The number of nitrogens with one attached hydrogen (secondary N) is 1. The van der Waals surface area contributed by atoms with Crippen molar-refractivity contribution in [2.24, 2.45) is 0 Å². The summed E-state index contributed by atoms with van der Waals surface area (Å²) in [5.74, 6) is -1.03. The Labute approximate surface area is 95.0 Å². The third-order valence-corrected chi connectivity index (χ3v) is 2.25. The molecule has 0 aromatic heterocycles. The highest BCUT2D eigenvalue weighted by Gasteiger charge is 1.99. The number of hydrogen-bond acceptors (Lipinski definition) is 3. The van der Waals surface area contributed by atoms with Gasteiger partial charge >= 0.3 is 5.97 Å². The molecule has 0 radical (unpaired) electrons. The Hall–Kier alpha value is -1.80.